The zero-order chi connectivity index (χ0) is 26.7. The lowest BCUT2D eigenvalue weighted by Crippen LogP contribution is -2.53. The zero-order valence-electron chi connectivity index (χ0n) is 21.9. The van der Waals surface area contributed by atoms with E-state index in [1.54, 1.807) is 23.7 Å². The fourth-order valence-electron chi connectivity index (χ4n) is 6.44. The number of unbranched alkanes of at least 4 members (excludes halogenated alkanes) is 3. The number of carbonyl (C=O) groups is 3. The van der Waals surface area contributed by atoms with E-state index < -0.39 is 22.6 Å². The van der Waals surface area contributed by atoms with Gasteiger partial charge in [-0.25, -0.2) is 0 Å². The van der Waals surface area contributed by atoms with Crippen LogP contribution in [0.3, 0.4) is 0 Å². The lowest BCUT2D eigenvalue weighted by Gasteiger charge is -2.35. The second kappa shape index (κ2) is 11.9. The largest absolute Gasteiger partial charge is 0.396 e. The van der Waals surface area contributed by atoms with Gasteiger partial charge in [0, 0.05) is 54.7 Å². The number of aliphatic hydroxyl groups is 1. The first-order valence-electron chi connectivity index (χ1n) is 13.4. The van der Waals surface area contributed by atoms with Crippen LogP contribution in [0.5, 0.6) is 0 Å². The van der Waals surface area contributed by atoms with Crippen LogP contribution in [0.25, 0.3) is 0 Å². The topological polar surface area (TPSA) is 102 Å². The van der Waals surface area contributed by atoms with E-state index in [9.17, 15) is 14.4 Å². The Hall–Kier alpha value is -1.78. The molecule has 0 aliphatic carbocycles. The summed E-state index contributed by atoms with van der Waals surface area (Å²) in [6.45, 7) is 6.67. The third-order valence-electron chi connectivity index (χ3n) is 8.16. The summed E-state index contributed by atoms with van der Waals surface area (Å²) in [6.07, 6.45) is 3.91. The predicted octanol–water partition coefficient (Wildman–Crippen LogP) is 3.23. The average molecular weight is 596 g/mol. The Kier molecular flexibility index (Phi) is 9.12. The number of halogens is 1. The summed E-state index contributed by atoms with van der Waals surface area (Å²) in [5.41, 5.74) is 1.80. The van der Waals surface area contributed by atoms with Gasteiger partial charge in [-0.15, -0.1) is 11.8 Å². The van der Waals surface area contributed by atoms with Gasteiger partial charge in [0.2, 0.25) is 17.7 Å². The maximum absolute atomic E-state index is 13.9. The average Bonchev–Trinajstić information content (AvgIpc) is 3.48. The highest BCUT2D eigenvalue weighted by molar-refractivity contribution is 9.09. The van der Waals surface area contributed by atoms with Crippen molar-refractivity contribution >= 4 is 56.8 Å². The Morgan fingerprint density at radius 2 is 1.81 bits per heavy atom. The van der Waals surface area contributed by atoms with Gasteiger partial charge in [-0.1, -0.05) is 28.8 Å². The van der Waals surface area contributed by atoms with E-state index in [4.69, 9.17) is 5.11 Å². The monoisotopic (exact) mass is 594 g/mol. The van der Waals surface area contributed by atoms with Crippen molar-refractivity contribution in [1.82, 2.24) is 10.2 Å². The van der Waals surface area contributed by atoms with Crippen LogP contribution in [0.15, 0.2) is 24.3 Å². The molecule has 3 aliphatic heterocycles. The summed E-state index contributed by atoms with van der Waals surface area (Å²) in [7, 11) is 1.61. The molecule has 1 aromatic carbocycles. The molecule has 3 aliphatic rings. The number of hydrogen-bond acceptors (Lipinski definition) is 6. The molecule has 10 heteroatoms. The van der Waals surface area contributed by atoms with Crippen LogP contribution in [0.4, 0.5) is 11.4 Å². The molecular weight excluding hydrogens is 556 g/mol. The summed E-state index contributed by atoms with van der Waals surface area (Å²) in [6, 6.07) is 7.20. The van der Waals surface area contributed by atoms with Crippen LogP contribution in [-0.4, -0.2) is 81.9 Å². The number of likely N-dealkylation sites (tertiary alicyclic amines) is 1. The number of anilines is 2. The summed E-state index contributed by atoms with van der Waals surface area (Å²) in [5, 5.41) is 14.9. The molecule has 6 atom stereocenters. The molecule has 3 saturated heterocycles. The van der Waals surface area contributed by atoms with Crippen LogP contribution >= 0.6 is 27.7 Å². The molecule has 37 heavy (non-hydrogen) atoms. The van der Waals surface area contributed by atoms with Gasteiger partial charge in [0.15, 0.2) is 0 Å². The van der Waals surface area contributed by atoms with E-state index in [1.165, 1.54) is 0 Å². The molecule has 1 aromatic rings. The molecular formula is C27H39BrN4O4S. The second-order valence-electron chi connectivity index (χ2n) is 10.2. The fourth-order valence-corrected chi connectivity index (χ4v) is 10.1. The number of nitrogens with zero attached hydrogens (tertiary/aromatic N) is 2. The Morgan fingerprint density at radius 1 is 1.14 bits per heavy atom. The molecule has 0 radical (unpaired) electrons. The maximum atomic E-state index is 13.9. The van der Waals surface area contributed by atoms with Crippen molar-refractivity contribution in [3.05, 3.63) is 24.3 Å². The lowest BCUT2D eigenvalue weighted by molar-refractivity contribution is -0.139. The Balaban J connectivity index is 1.60. The predicted molar refractivity (Wildman–Crippen MR) is 152 cm³/mol. The minimum absolute atomic E-state index is 0.0377. The van der Waals surface area contributed by atoms with Crippen molar-refractivity contribution in [3.8, 4) is 0 Å². The number of rotatable bonds is 12. The number of alkyl halides is 1. The standard InChI is InChI=1S/C27H39BrN4O4S/c1-4-31(5-2)18-12-10-17(11-13-18)30-25(35)23-27-16-19(28)22(37-27)20(24(34)29-3)21(27)26(36)32(23)14-8-6-7-9-15-33/h10-13,19-23,33H,4-9,14-16H2,1-3H3,(H,29,34)(H,30,35)/t19?,20-,21+,22-,23?,27?/m1/s1. The number of hydrogen-bond donors (Lipinski definition) is 3. The van der Waals surface area contributed by atoms with Crippen molar-refractivity contribution in [2.45, 2.75) is 66.8 Å². The summed E-state index contributed by atoms with van der Waals surface area (Å²) in [4.78, 5) is 44.8. The van der Waals surface area contributed by atoms with Gasteiger partial charge in [0.05, 0.1) is 16.6 Å². The normalized spacial score (nSPS) is 29.9. The van der Waals surface area contributed by atoms with E-state index in [0.29, 0.717) is 18.7 Å². The van der Waals surface area contributed by atoms with Crippen molar-refractivity contribution < 1.29 is 19.5 Å². The van der Waals surface area contributed by atoms with Crippen molar-refractivity contribution in [2.75, 3.05) is 43.5 Å². The van der Waals surface area contributed by atoms with E-state index in [2.05, 4.69) is 45.3 Å². The zero-order valence-corrected chi connectivity index (χ0v) is 24.3. The third-order valence-corrected chi connectivity index (χ3v) is 11.4. The van der Waals surface area contributed by atoms with Crippen LogP contribution in [0, 0.1) is 11.8 Å². The van der Waals surface area contributed by atoms with Gasteiger partial charge in [-0.2, -0.15) is 0 Å². The molecule has 3 N–H and O–H groups in total. The molecule has 3 fully saturated rings. The van der Waals surface area contributed by atoms with E-state index in [1.807, 2.05) is 24.3 Å². The Morgan fingerprint density at radius 3 is 2.43 bits per heavy atom. The lowest BCUT2D eigenvalue weighted by atomic mass is 9.70. The molecule has 3 heterocycles. The molecule has 1 spiro atoms. The minimum Gasteiger partial charge on any atom is -0.396 e. The van der Waals surface area contributed by atoms with Crippen molar-refractivity contribution in [2.24, 2.45) is 11.8 Å². The molecule has 0 saturated carbocycles. The molecule has 8 nitrogen and oxygen atoms in total. The first-order valence-corrected chi connectivity index (χ1v) is 15.2. The van der Waals surface area contributed by atoms with Crippen LogP contribution in [0.2, 0.25) is 0 Å². The quantitative estimate of drug-likeness (QED) is 0.254. The van der Waals surface area contributed by atoms with Gasteiger partial charge in [0.25, 0.3) is 0 Å². The molecule has 2 bridgehead atoms. The van der Waals surface area contributed by atoms with E-state index in [-0.39, 0.29) is 34.4 Å². The molecule has 0 aromatic heterocycles. The number of amides is 3. The van der Waals surface area contributed by atoms with Crippen LogP contribution in [-0.2, 0) is 14.4 Å². The Labute approximate surface area is 232 Å². The highest BCUT2D eigenvalue weighted by atomic mass is 79.9. The number of fused-ring (bicyclic) bond motifs is 1. The first kappa shape index (κ1) is 28.2. The molecule has 3 unspecified atom stereocenters. The third kappa shape index (κ3) is 5.13. The Bertz CT molecular complexity index is 991. The summed E-state index contributed by atoms with van der Waals surface area (Å²) >= 11 is 5.43. The highest BCUT2D eigenvalue weighted by Gasteiger charge is 2.75. The van der Waals surface area contributed by atoms with Gasteiger partial charge >= 0.3 is 0 Å². The van der Waals surface area contributed by atoms with Crippen LogP contribution in [0.1, 0.15) is 46.0 Å². The number of nitrogens with one attached hydrogen (secondary N) is 2. The van der Waals surface area contributed by atoms with Crippen LogP contribution < -0.4 is 15.5 Å². The molecule has 204 valence electrons. The van der Waals surface area contributed by atoms with E-state index in [0.717, 1.165) is 44.5 Å². The van der Waals surface area contributed by atoms with Crippen molar-refractivity contribution in [3.63, 3.8) is 0 Å². The summed E-state index contributed by atoms with van der Waals surface area (Å²) in [5.74, 6) is -1.36. The first-order chi connectivity index (χ1) is 17.8. The van der Waals surface area contributed by atoms with Gasteiger partial charge in [-0.05, 0) is 57.4 Å². The molecule has 4 rings (SSSR count). The SMILES string of the molecule is CCN(CC)c1ccc(NC(=O)C2N(CCCCCCO)C(=O)[C@@H]3[C@@H](C(=O)NC)[C@@H]4SC23CC4Br)cc1. The molecule has 3 amide bonds. The number of aliphatic hydroxyl groups excluding tert-OH is 1. The van der Waals surface area contributed by atoms with Crippen molar-refractivity contribution in [1.29, 1.82) is 0 Å². The van der Waals surface area contributed by atoms with Gasteiger partial charge < -0.3 is 25.5 Å². The summed E-state index contributed by atoms with van der Waals surface area (Å²) < 4.78 is -0.635. The second-order valence-corrected chi connectivity index (χ2v) is 12.9. The maximum Gasteiger partial charge on any atom is 0.248 e. The minimum atomic E-state index is -0.644. The fraction of sp³-hybridized carbons (Fsp3) is 0.667. The smallest absolute Gasteiger partial charge is 0.248 e. The number of benzene rings is 1. The highest BCUT2D eigenvalue weighted by Crippen LogP contribution is 2.67. The number of thioether (sulfide) groups is 1. The van der Waals surface area contributed by atoms with E-state index >= 15 is 0 Å². The number of carbonyl (C=O) groups excluding carboxylic acids is 3. The van der Waals surface area contributed by atoms with Gasteiger partial charge in [0.1, 0.15) is 6.04 Å². The van der Waals surface area contributed by atoms with Gasteiger partial charge in [-0.3, -0.25) is 14.4 Å².